The molecule has 2 fully saturated rings. The quantitative estimate of drug-likeness (QED) is 0.483. The third-order valence-electron chi connectivity index (χ3n) is 7.86. The van der Waals surface area contributed by atoms with E-state index in [2.05, 4.69) is 31.0 Å². The molecule has 2 saturated heterocycles. The molecule has 2 atom stereocenters. The molecule has 1 unspecified atom stereocenters. The van der Waals surface area contributed by atoms with Crippen LogP contribution in [-0.4, -0.2) is 70.0 Å². The first-order valence-corrected chi connectivity index (χ1v) is 13.9. The van der Waals surface area contributed by atoms with E-state index in [-0.39, 0.29) is 17.9 Å². The highest BCUT2D eigenvalue weighted by Crippen LogP contribution is 2.35. The van der Waals surface area contributed by atoms with E-state index in [0.29, 0.717) is 43.7 Å². The van der Waals surface area contributed by atoms with Gasteiger partial charge in [0.25, 0.3) is 0 Å². The van der Waals surface area contributed by atoms with Gasteiger partial charge in [0.1, 0.15) is 23.4 Å². The van der Waals surface area contributed by atoms with Gasteiger partial charge in [0.05, 0.1) is 5.57 Å². The first kappa shape index (κ1) is 27.9. The van der Waals surface area contributed by atoms with Crippen molar-refractivity contribution in [1.29, 1.82) is 0 Å². The number of ether oxygens (including phenoxy) is 1. The van der Waals surface area contributed by atoms with Crippen LogP contribution < -0.4 is 10.1 Å². The summed E-state index contributed by atoms with van der Waals surface area (Å²) >= 11 is 0. The van der Waals surface area contributed by atoms with Crippen molar-refractivity contribution in [3.05, 3.63) is 53.6 Å². The lowest BCUT2D eigenvalue weighted by Gasteiger charge is -2.52. The molecule has 1 aromatic carbocycles. The standard InChI is InChI=1S/C30H41N3O5/c1-4-5-16-33-27(34)26(19-21(2)3)31-29(37)30(33)14-17-32(18-15-30)20-22-6-10-24(11-7-22)38-25-12-8-23(9-13-25)28(35)36/h6-12,21,25-26H,4-5,13-20H2,1-3H3,(H,31,37)(H,35,36)/t25?,26-/m0/s1. The Morgan fingerprint density at radius 2 is 1.89 bits per heavy atom. The van der Waals surface area contributed by atoms with Crippen molar-refractivity contribution < 1.29 is 24.2 Å². The fourth-order valence-electron chi connectivity index (χ4n) is 5.68. The molecule has 2 aliphatic heterocycles. The number of nitrogens with one attached hydrogen (secondary N) is 1. The SMILES string of the molecule is CCCCN1C(=O)[C@H](CC(C)C)NC(=O)C12CCN(Cc1ccc(OC3C=CC(C(=O)O)=CC3)cc1)CC2. The third kappa shape index (κ3) is 6.29. The molecule has 206 valence electrons. The lowest BCUT2D eigenvalue weighted by molar-refractivity contribution is -0.161. The number of nitrogens with zero attached hydrogens (tertiary/aromatic N) is 2. The van der Waals surface area contributed by atoms with Crippen molar-refractivity contribution in [3.8, 4) is 5.75 Å². The number of carbonyl (C=O) groups excluding carboxylic acids is 2. The number of amides is 2. The molecule has 2 N–H and O–H groups in total. The molecule has 0 saturated carbocycles. The number of hydrogen-bond acceptors (Lipinski definition) is 5. The summed E-state index contributed by atoms with van der Waals surface area (Å²) < 4.78 is 5.98. The Hall–Kier alpha value is -3.13. The van der Waals surface area contributed by atoms with Crippen LogP contribution in [0.5, 0.6) is 5.75 Å². The number of rotatable bonds is 10. The van der Waals surface area contributed by atoms with Crippen LogP contribution >= 0.6 is 0 Å². The zero-order chi connectivity index (χ0) is 27.3. The number of carboxylic acids is 1. The first-order chi connectivity index (χ1) is 18.2. The number of piperazine rings is 1. The van der Waals surface area contributed by atoms with Gasteiger partial charge in [-0.05, 0) is 61.4 Å². The normalized spacial score (nSPS) is 23.5. The van der Waals surface area contributed by atoms with E-state index in [1.54, 1.807) is 18.2 Å². The van der Waals surface area contributed by atoms with Crippen molar-refractivity contribution in [1.82, 2.24) is 15.1 Å². The van der Waals surface area contributed by atoms with Gasteiger partial charge in [-0.1, -0.05) is 45.4 Å². The Labute approximate surface area is 225 Å². The van der Waals surface area contributed by atoms with Crippen molar-refractivity contribution >= 4 is 17.8 Å². The zero-order valence-corrected chi connectivity index (χ0v) is 22.8. The number of hydrogen-bond donors (Lipinski definition) is 2. The Morgan fingerprint density at radius 3 is 2.47 bits per heavy atom. The van der Waals surface area contributed by atoms with Crippen molar-refractivity contribution in [3.63, 3.8) is 0 Å². The molecule has 8 heteroatoms. The molecule has 4 rings (SSSR count). The zero-order valence-electron chi connectivity index (χ0n) is 22.8. The van der Waals surface area contributed by atoms with Crippen LogP contribution in [0.3, 0.4) is 0 Å². The summed E-state index contributed by atoms with van der Waals surface area (Å²) in [6.07, 6.45) is 9.24. The van der Waals surface area contributed by atoms with Crippen LogP contribution in [0, 0.1) is 5.92 Å². The summed E-state index contributed by atoms with van der Waals surface area (Å²) in [6, 6.07) is 7.57. The van der Waals surface area contributed by atoms with Gasteiger partial charge in [-0.15, -0.1) is 0 Å². The molecule has 38 heavy (non-hydrogen) atoms. The van der Waals surface area contributed by atoms with Crippen LogP contribution in [0.1, 0.15) is 64.9 Å². The largest absolute Gasteiger partial charge is 0.486 e. The van der Waals surface area contributed by atoms with Gasteiger partial charge in [-0.3, -0.25) is 14.5 Å². The maximum absolute atomic E-state index is 13.4. The average Bonchev–Trinajstić information content (AvgIpc) is 2.89. The van der Waals surface area contributed by atoms with E-state index in [9.17, 15) is 14.4 Å². The molecule has 1 spiro atoms. The second-order valence-electron chi connectivity index (χ2n) is 11.2. The fourth-order valence-corrected chi connectivity index (χ4v) is 5.68. The highest BCUT2D eigenvalue weighted by atomic mass is 16.5. The van der Waals surface area contributed by atoms with Gasteiger partial charge in [0.2, 0.25) is 11.8 Å². The maximum atomic E-state index is 13.4. The summed E-state index contributed by atoms with van der Waals surface area (Å²) in [6.45, 7) is 9.19. The lowest BCUT2D eigenvalue weighted by Crippen LogP contribution is -2.73. The molecule has 1 aromatic rings. The molecule has 2 amide bonds. The number of piperidine rings is 1. The minimum atomic E-state index is -0.924. The molecule has 8 nitrogen and oxygen atoms in total. The number of aliphatic carboxylic acids is 1. The van der Waals surface area contributed by atoms with Gasteiger partial charge < -0.3 is 20.1 Å². The number of carbonyl (C=O) groups is 3. The highest BCUT2D eigenvalue weighted by molar-refractivity contribution is 6.00. The minimum absolute atomic E-state index is 0.0158. The molecule has 0 aromatic heterocycles. The van der Waals surface area contributed by atoms with Crippen LogP contribution in [0.4, 0.5) is 0 Å². The minimum Gasteiger partial charge on any atom is -0.486 e. The van der Waals surface area contributed by atoms with Gasteiger partial charge in [0.15, 0.2) is 0 Å². The van der Waals surface area contributed by atoms with Crippen LogP contribution in [0.25, 0.3) is 0 Å². The van der Waals surface area contributed by atoms with E-state index in [4.69, 9.17) is 9.84 Å². The van der Waals surface area contributed by atoms with E-state index in [0.717, 1.165) is 43.8 Å². The van der Waals surface area contributed by atoms with Crippen molar-refractivity contribution in [2.24, 2.45) is 5.92 Å². The first-order valence-electron chi connectivity index (χ1n) is 13.9. The summed E-state index contributed by atoms with van der Waals surface area (Å²) in [7, 11) is 0. The summed E-state index contributed by atoms with van der Waals surface area (Å²) in [4.78, 5) is 42.2. The Balaban J connectivity index is 1.34. The Kier molecular flexibility index (Phi) is 8.92. The van der Waals surface area contributed by atoms with E-state index >= 15 is 0 Å². The Bertz CT molecular complexity index is 1070. The fraction of sp³-hybridized carbons (Fsp3) is 0.567. The molecule has 1 aliphatic carbocycles. The van der Waals surface area contributed by atoms with E-state index in [1.165, 1.54) is 0 Å². The molecule has 0 bridgehead atoms. The monoisotopic (exact) mass is 523 g/mol. The average molecular weight is 524 g/mol. The summed E-state index contributed by atoms with van der Waals surface area (Å²) in [5.74, 6) is 0.256. The summed E-state index contributed by atoms with van der Waals surface area (Å²) in [5, 5.41) is 12.1. The van der Waals surface area contributed by atoms with E-state index < -0.39 is 17.6 Å². The molecule has 2 heterocycles. The van der Waals surface area contributed by atoms with E-state index in [1.807, 2.05) is 29.2 Å². The van der Waals surface area contributed by atoms with Gasteiger partial charge in [-0.25, -0.2) is 4.79 Å². The predicted octanol–water partition coefficient (Wildman–Crippen LogP) is 3.91. The number of unbranched alkanes of at least 4 members (excludes halogenated alkanes) is 1. The van der Waals surface area contributed by atoms with Crippen LogP contribution in [-0.2, 0) is 20.9 Å². The smallest absolute Gasteiger partial charge is 0.335 e. The topological polar surface area (TPSA) is 99.2 Å². The van der Waals surface area contributed by atoms with Crippen molar-refractivity contribution in [2.45, 2.75) is 83.5 Å². The van der Waals surface area contributed by atoms with Gasteiger partial charge in [-0.2, -0.15) is 0 Å². The van der Waals surface area contributed by atoms with Crippen LogP contribution in [0.2, 0.25) is 0 Å². The Morgan fingerprint density at radius 1 is 1.18 bits per heavy atom. The lowest BCUT2D eigenvalue weighted by atomic mass is 9.80. The maximum Gasteiger partial charge on any atom is 0.335 e. The number of benzene rings is 1. The summed E-state index contributed by atoms with van der Waals surface area (Å²) in [5.41, 5.74) is 0.711. The number of carboxylic acid groups (broad SMARTS) is 1. The highest BCUT2D eigenvalue weighted by Gasteiger charge is 2.53. The second kappa shape index (κ2) is 12.2. The van der Waals surface area contributed by atoms with Crippen molar-refractivity contribution in [2.75, 3.05) is 19.6 Å². The van der Waals surface area contributed by atoms with Crippen LogP contribution in [0.15, 0.2) is 48.1 Å². The molecular formula is C30H41N3O5. The second-order valence-corrected chi connectivity index (χ2v) is 11.2. The number of likely N-dealkylation sites (tertiary alicyclic amines) is 1. The van der Waals surface area contributed by atoms with Gasteiger partial charge >= 0.3 is 5.97 Å². The van der Waals surface area contributed by atoms with Gasteiger partial charge in [0, 0.05) is 32.6 Å². The third-order valence-corrected chi connectivity index (χ3v) is 7.86. The molecule has 0 radical (unpaired) electrons. The molecule has 3 aliphatic rings. The predicted molar refractivity (Wildman–Crippen MR) is 146 cm³/mol. The molecular weight excluding hydrogens is 482 g/mol.